The largest absolute Gasteiger partial charge is 0.444 e. The highest BCUT2D eigenvalue weighted by Crippen LogP contribution is 2.35. The number of halogens is 3. The normalized spacial score (nSPS) is 15.9. The fourth-order valence-electron chi connectivity index (χ4n) is 5.23. The molecule has 0 bridgehead atoms. The van der Waals surface area contributed by atoms with E-state index in [1.807, 2.05) is 40.0 Å². The Kier molecular flexibility index (Phi) is 8.46. The highest BCUT2D eigenvalue weighted by Gasteiger charge is 2.31. The van der Waals surface area contributed by atoms with Gasteiger partial charge in [-0.3, -0.25) is 9.48 Å². The van der Waals surface area contributed by atoms with Crippen LogP contribution in [0.25, 0.3) is 22.0 Å². The topological polar surface area (TPSA) is 67.7 Å². The number of aryl methyl sites for hydroxylation is 1. The molecule has 7 nitrogen and oxygen atoms in total. The molecule has 1 aliphatic rings. The average Bonchev–Trinajstić information content (AvgIpc) is 3.47. The Morgan fingerprint density at radius 2 is 1.88 bits per heavy atom. The van der Waals surface area contributed by atoms with Gasteiger partial charge in [-0.1, -0.05) is 12.1 Å². The molecule has 0 spiro atoms. The highest BCUT2D eigenvalue weighted by molar-refractivity contribution is 6.05. The molecule has 1 fully saturated rings. The fourth-order valence-corrected chi connectivity index (χ4v) is 5.23. The number of benzene rings is 2. The molecule has 0 saturated carbocycles. The van der Waals surface area contributed by atoms with Crippen molar-refractivity contribution < 1.29 is 27.5 Å². The van der Waals surface area contributed by atoms with Gasteiger partial charge in [-0.25, -0.2) is 18.0 Å². The molecule has 216 valence electrons. The summed E-state index contributed by atoms with van der Waals surface area (Å²) in [5.41, 5.74) is 2.37. The Bertz CT molecular complexity index is 1400. The SMILES string of the molecule is CC(C)N(CC(F)F)C(=O)c1cc(F)ccc1-c1cc(CC2CCN(C(=O)OC(C)(C)C)C2)cc2c1cnn2C. The van der Waals surface area contributed by atoms with Gasteiger partial charge in [0.25, 0.3) is 12.3 Å². The van der Waals surface area contributed by atoms with E-state index in [-0.39, 0.29) is 17.6 Å². The fraction of sp³-hybridized carbons (Fsp3) is 0.500. The first-order valence-corrected chi connectivity index (χ1v) is 13.5. The third-order valence-electron chi connectivity index (χ3n) is 7.11. The number of amides is 2. The van der Waals surface area contributed by atoms with Crippen molar-refractivity contribution in [2.24, 2.45) is 13.0 Å². The molecule has 4 rings (SSSR count). The van der Waals surface area contributed by atoms with E-state index in [0.717, 1.165) is 33.9 Å². The molecule has 2 aromatic carbocycles. The minimum atomic E-state index is -2.72. The smallest absolute Gasteiger partial charge is 0.410 e. The Hall–Kier alpha value is -3.56. The zero-order chi connectivity index (χ0) is 29.4. The van der Waals surface area contributed by atoms with Crippen LogP contribution in [0.5, 0.6) is 0 Å². The maximum Gasteiger partial charge on any atom is 0.410 e. The molecule has 3 aromatic rings. The van der Waals surface area contributed by atoms with Crippen LogP contribution in [-0.2, 0) is 18.2 Å². The highest BCUT2D eigenvalue weighted by atomic mass is 19.3. The second-order valence-corrected chi connectivity index (χ2v) is 11.8. The van der Waals surface area contributed by atoms with Gasteiger partial charge in [0.1, 0.15) is 11.4 Å². The van der Waals surface area contributed by atoms with Crippen molar-refractivity contribution in [1.82, 2.24) is 19.6 Å². The lowest BCUT2D eigenvalue weighted by Gasteiger charge is -2.27. The number of carbonyl (C=O) groups is 2. The molecule has 1 unspecified atom stereocenters. The van der Waals surface area contributed by atoms with Crippen LogP contribution in [0.1, 0.15) is 57.0 Å². The lowest BCUT2D eigenvalue weighted by molar-refractivity contribution is 0.0288. The van der Waals surface area contributed by atoms with Crippen LogP contribution in [0.4, 0.5) is 18.0 Å². The predicted molar refractivity (Wildman–Crippen MR) is 148 cm³/mol. The van der Waals surface area contributed by atoms with E-state index < -0.39 is 36.3 Å². The van der Waals surface area contributed by atoms with E-state index >= 15 is 0 Å². The molecule has 1 aromatic heterocycles. The van der Waals surface area contributed by atoms with Gasteiger partial charge in [0, 0.05) is 31.6 Å². The Morgan fingerprint density at radius 3 is 2.52 bits per heavy atom. The van der Waals surface area contributed by atoms with Crippen molar-refractivity contribution in [3.63, 3.8) is 0 Å². The molecule has 0 aliphatic carbocycles. The lowest BCUT2D eigenvalue weighted by Crippen LogP contribution is -2.40. The van der Waals surface area contributed by atoms with E-state index in [9.17, 15) is 22.8 Å². The summed E-state index contributed by atoms with van der Waals surface area (Å²) >= 11 is 0. The van der Waals surface area contributed by atoms with Crippen LogP contribution in [0, 0.1) is 11.7 Å². The van der Waals surface area contributed by atoms with Gasteiger partial charge in [0.2, 0.25) is 0 Å². The first-order chi connectivity index (χ1) is 18.7. The minimum Gasteiger partial charge on any atom is -0.444 e. The van der Waals surface area contributed by atoms with Crippen LogP contribution in [0.15, 0.2) is 36.5 Å². The van der Waals surface area contributed by atoms with Gasteiger partial charge in [0.15, 0.2) is 0 Å². The summed E-state index contributed by atoms with van der Waals surface area (Å²) < 4.78 is 48.4. The van der Waals surface area contributed by atoms with E-state index in [1.165, 1.54) is 12.1 Å². The molecule has 2 heterocycles. The van der Waals surface area contributed by atoms with Crippen molar-refractivity contribution in [2.45, 2.75) is 65.5 Å². The quantitative estimate of drug-likeness (QED) is 0.342. The van der Waals surface area contributed by atoms with Crippen molar-refractivity contribution in [2.75, 3.05) is 19.6 Å². The number of nitrogens with zero attached hydrogens (tertiary/aromatic N) is 4. The Labute approximate surface area is 232 Å². The van der Waals surface area contributed by atoms with E-state index in [1.54, 1.807) is 29.6 Å². The van der Waals surface area contributed by atoms with Gasteiger partial charge < -0.3 is 14.5 Å². The van der Waals surface area contributed by atoms with Gasteiger partial charge in [-0.15, -0.1) is 0 Å². The molecule has 1 saturated heterocycles. The van der Waals surface area contributed by atoms with E-state index in [2.05, 4.69) is 5.10 Å². The molecule has 0 radical (unpaired) electrons. The summed E-state index contributed by atoms with van der Waals surface area (Å²) in [4.78, 5) is 28.9. The maximum atomic E-state index is 14.4. The molecule has 0 N–H and O–H groups in total. The summed E-state index contributed by atoms with van der Waals surface area (Å²) in [5.74, 6) is -1.08. The first kappa shape index (κ1) is 29.4. The van der Waals surface area contributed by atoms with Gasteiger partial charge in [-0.2, -0.15) is 5.10 Å². The summed E-state index contributed by atoms with van der Waals surface area (Å²) in [7, 11) is 1.82. The van der Waals surface area contributed by atoms with Crippen LogP contribution < -0.4 is 0 Å². The first-order valence-electron chi connectivity index (χ1n) is 13.5. The molecular formula is C30H37F3N4O3. The molecule has 1 aliphatic heterocycles. The molecule has 2 amide bonds. The van der Waals surface area contributed by atoms with Crippen LogP contribution in [0.2, 0.25) is 0 Å². The number of aromatic nitrogens is 2. The zero-order valence-electron chi connectivity index (χ0n) is 23.9. The van der Waals surface area contributed by atoms with Crippen LogP contribution in [0.3, 0.4) is 0 Å². The summed E-state index contributed by atoms with van der Waals surface area (Å²) in [6.07, 6.45) is 0.121. The maximum absolute atomic E-state index is 14.4. The Balaban J connectivity index is 1.71. The van der Waals surface area contributed by atoms with Crippen molar-refractivity contribution in [1.29, 1.82) is 0 Å². The number of ether oxygens (including phenoxy) is 1. The number of fused-ring (bicyclic) bond motifs is 1. The number of rotatable bonds is 7. The summed E-state index contributed by atoms with van der Waals surface area (Å²) in [6, 6.07) is 7.39. The van der Waals surface area contributed by atoms with Crippen molar-refractivity contribution in [3.05, 3.63) is 53.5 Å². The predicted octanol–water partition coefficient (Wildman–Crippen LogP) is 6.29. The summed E-state index contributed by atoms with van der Waals surface area (Å²) in [5, 5.41) is 5.16. The van der Waals surface area contributed by atoms with Crippen molar-refractivity contribution in [3.8, 4) is 11.1 Å². The number of hydrogen-bond acceptors (Lipinski definition) is 4. The average molecular weight is 559 g/mol. The Morgan fingerprint density at radius 1 is 1.15 bits per heavy atom. The van der Waals surface area contributed by atoms with Crippen LogP contribution in [-0.4, -0.2) is 69.3 Å². The van der Waals surface area contributed by atoms with Gasteiger partial charge >= 0.3 is 6.09 Å². The van der Waals surface area contributed by atoms with E-state index in [0.29, 0.717) is 30.6 Å². The second-order valence-electron chi connectivity index (χ2n) is 11.8. The number of likely N-dealkylation sites (tertiary alicyclic amines) is 1. The number of alkyl halides is 2. The molecular weight excluding hydrogens is 521 g/mol. The monoisotopic (exact) mass is 558 g/mol. The number of hydrogen-bond donors (Lipinski definition) is 0. The molecule has 40 heavy (non-hydrogen) atoms. The van der Waals surface area contributed by atoms with Gasteiger partial charge in [0.05, 0.1) is 23.8 Å². The second kappa shape index (κ2) is 11.5. The lowest BCUT2D eigenvalue weighted by atomic mass is 9.91. The van der Waals surface area contributed by atoms with Crippen molar-refractivity contribution >= 4 is 22.9 Å². The standard InChI is InChI=1S/C30H37F3N4O3/c1-18(2)37(17-27(32)33)28(38)24-14-21(31)7-8-22(24)23-12-20(13-26-25(23)15-34-35(26)6)11-19-9-10-36(16-19)29(39)40-30(3,4)5/h7-8,12-15,18-19,27H,9-11,16-17H2,1-6H3. The summed E-state index contributed by atoms with van der Waals surface area (Å²) in [6.45, 7) is 9.24. The molecule has 10 heteroatoms. The van der Waals surface area contributed by atoms with Crippen LogP contribution >= 0.6 is 0 Å². The van der Waals surface area contributed by atoms with E-state index in [4.69, 9.17) is 4.74 Å². The number of carbonyl (C=O) groups excluding carboxylic acids is 2. The van der Waals surface area contributed by atoms with Gasteiger partial charge in [-0.05, 0) is 88.3 Å². The zero-order valence-corrected chi connectivity index (χ0v) is 23.9. The third kappa shape index (κ3) is 6.59. The minimum absolute atomic E-state index is 0.0219. The molecule has 1 atom stereocenters. The third-order valence-corrected chi connectivity index (χ3v) is 7.11.